The maximum absolute atomic E-state index is 6.00. The van der Waals surface area contributed by atoms with E-state index < -0.39 is 0 Å². The Kier molecular flexibility index (Phi) is 2.96. The molecule has 0 saturated heterocycles. The SMILES string of the molecule is Cc1nc(-c2ccc(Cl)c(Cl)c2)c(C)n1C. The Morgan fingerprint density at radius 3 is 2.31 bits per heavy atom. The van der Waals surface area contributed by atoms with Crippen molar-refractivity contribution in [2.45, 2.75) is 13.8 Å². The zero-order valence-corrected chi connectivity index (χ0v) is 10.9. The average Bonchev–Trinajstić information content (AvgIpc) is 2.50. The van der Waals surface area contributed by atoms with Gasteiger partial charge in [-0.25, -0.2) is 4.98 Å². The number of hydrogen-bond acceptors (Lipinski definition) is 1. The van der Waals surface area contributed by atoms with Gasteiger partial charge in [0.25, 0.3) is 0 Å². The molecule has 0 fully saturated rings. The van der Waals surface area contributed by atoms with Gasteiger partial charge in [0.05, 0.1) is 15.7 Å². The highest BCUT2D eigenvalue weighted by atomic mass is 35.5. The van der Waals surface area contributed by atoms with Gasteiger partial charge in [0.15, 0.2) is 0 Å². The largest absolute Gasteiger partial charge is 0.335 e. The maximum atomic E-state index is 6.00. The van der Waals surface area contributed by atoms with Gasteiger partial charge in [-0.05, 0) is 26.0 Å². The van der Waals surface area contributed by atoms with E-state index in [1.54, 1.807) is 6.07 Å². The van der Waals surface area contributed by atoms with E-state index in [9.17, 15) is 0 Å². The van der Waals surface area contributed by atoms with Crippen molar-refractivity contribution < 1.29 is 0 Å². The van der Waals surface area contributed by atoms with Crippen LogP contribution in [0.4, 0.5) is 0 Å². The van der Waals surface area contributed by atoms with E-state index in [1.807, 2.05) is 33.0 Å². The summed E-state index contributed by atoms with van der Waals surface area (Å²) in [4.78, 5) is 4.51. The monoisotopic (exact) mass is 254 g/mol. The molecule has 0 spiro atoms. The summed E-state index contributed by atoms with van der Waals surface area (Å²) in [5.74, 6) is 0.985. The zero-order chi connectivity index (χ0) is 11.9. The number of rotatable bonds is 1. The lowest BCUT2D eigenvalue weighted by atomic mass is 10.1. The van der Waals surface area contributed by atoms with E-state index in [1.165, 1.54) is 0 Å². The molecule has 0 unspecified atom stereocenters. The topological polar surface area (TPSA) is 17.8 Å². The summed E-state index contributed by atoms with van der Waals surface area (Å²) in [6.07, 6.45) is 0. The summed E-state index contributed by atoms with van der Waals surface area (Å²) in [7, 11) is 2.00. The second-order valence-electron chi connectivity index (χ2n) is 3.78. The van der Waals surface area contributed by atoms with E-state index >= 15 is 0 Å². The van der Waals surface area contributed by atoms with Gasteiger partial charge in [-0.2, -0.15) is 0 Å². The van der Waals surface area contributed by atoms with Crippen molar-refractivity contribution in [2.75, 3.05) is 0 Å². The summed E-state index contributed by atoms with van der Waals surface area (Å²) < 4.78 is 2.05. The van der Waals surface area contributed by atoms with Gasteiger partial charge < -0.3 is 4.57 Å². The van der Waals surface area contributed by atoms with E-state index in [0.29, 0.717) is 10.0 Å². The Morgan fingerprint density at radius 2 is 1.81 bits per heavy atom. The molecule has 1 aromatic heterocycles. The van der Waals surface area contributed by atoms with Crippen LogP contribution in [0.3, 0.4) is 0 Å². The van der Waals surface area contributed by atoms with Crippen molar-refractivity contribution in [1.29, 1.82) is 0 Å². The lowest BCUT2D eigenvalue weighted by molar-refractivity contribution is 0.827. The van der Waals surface area contributed by atoms with Gasteiger partial charge in [0.1, 0.15) is 5.82 Å². The summed E-state index contributed by atoms with van der Waals surface area (Å²) in [5.41, 5.74) is 3.07. The van der Waals surface area contributed by atoms with E-state index in [2.05, 4.69) is 9.55 Å². The lowest BCUT2D eigenvalue weighted by Crippen LogP contribution is -1.93. The third kappa shape index (κ3) is 1.83. The van der Waals surface area contributed by atoms with Crippen molar-refractivity contribution in [1.82, 2.24) is 9.55 Å². The standard InChI is InChI=1S/C12H12Cl2N2/c1-7-12(15-8(2)16(7)3)9-4-5-10(13)11(14)6-9/h4-6H,1-3H3. The van der Waals surface area contributed by atoms with Crippen LogP contribution in [0.1, 0.15) is 11.5 Å². The maximum Gasteiger partial charge on any atom is 0.106 e. The molecule has 2 nitrogen and oxygen atoms in total. The number of imidazole rings is 1. The van der Waals surface area contributed by atoms with E-state index in [-0.39, 0.29) is 0 Å². The first-order chi connectivity index (χ1) is 7.50. The van der Waals surface area contributed by atoms with Gasteiger partial charge in [0, 0.05) is 18.3 Å². The number of aryl methyl sites for hydroxylation is 1. The predicted octanol–water partition coefficient (Wildman–Crippen LogP) is 4.01. The highest BCUT2D eigenvalue weighted by molar-refractivity contribution is 6.42. The van der Waals surface area contributed by atoms with Crippen LogP contribution in [0.25, 0.3) is 11.3 Å². The minimum atomic E-state index is 0.557. The normalized spacial score (nSPS) is 10.8. The molecule has 0 bridgehead atoms. The molecule has 84 valence electrons. The van der Waals surface area contributed by atoms with Crippen LogP contribution in [0.5, 0.6) is 0 Å². The lowest BCUT2D eigenvalue weighted by Gasteiger charge is -2.02. The molecule has 16 heavy (non-hydrogen) atoms. The molecule has 1 aromatic carbocycles. The first kappa shape index (κ1) is 11.5. The van der Waals surface area contributed by atoms with Crippen molar-refractivity contribution in [3.8, 4) is 11.3 Å². The molecule has 2 aromatic rings. The smallest absolute Gasteiger partial charge is 0.106 e. The van der Waals surface area contributed by atoms with Crippen LogP contribution >= 0.6 is 23.2 Å². The van der Waals surface area contributed by atoms with E-state index in [4.69, 9.17) is 23.2 Å². The third-order valence-electron chi connectivity index (χ3n) is 2.80. The molecule has 1 heterocycles. The first-order valence-electron chi connectivity index (χ1n) is 4.96. The Morgan fingerprint density at radius 1 is 1.12 bits per heavy atom. The van der Waals surface area contributed by atoms with Crippen LogP contribution in [0, 0.1) is 13.8 Å². The quantitative estimate of drug-likeness (QED) is 0.752. The molecule has 4 heteroatoms. The summed E-state index contributed by atoms with van der Waals surface area (Å²) >= 11 is 11.9. The van der Waals surface area contributed by atoms with Gasteiger partial charge >= 0.3 is 0 Å². The van der Waals surface area contributed by atoms with Crippen molar-refractivity contribution in [3.05, 3.63) is 39.8 Å². The number of nitrogens with zero attached hydrogens (tertiary/aromatic N) is 2. The molecule has 0 radical (unpaired) electrons. The summed E-state index contributed by atoms with van der Waals surface area (Å²) in [5, 5.41) is 1.12. The fourth-order valence-corrected chi connectivity index (χ4v) is 1.93. The van der Waals surface area contributed by atoms with Gasteiger partial charge in [-0.1, -0.05) is 29.3 Å². The molecule has 0 atom stereocenters. The fraction of sp³-hybridized carbons (Fsp3) is 0.250. The fourth-order valence-electron chi connectivity index (χ4n) is 1.64. The van der Waals surface area contributed by atoms with Crippen LogP contribution in [-0.2, 0) is 7.05 Å². The Labute approximate surface area is 105 Å². The van der Waals surface area contributed by atoms with Crippen LogP contribution in [-0.4, -0.2) is 9.55 Å². The minimum absolute atomic E-state index is 0.557. The molecular formula is C12H12Cl2N2. The summed E-state index contributed by atoms with van der Waals surface area (Å²) in [6.45, 7) is 4.02. The number of aromatic nitrogens is 2. The van der Waals surface area contributed by atoms with Gasteiger partial charge in [0.2, 0.25) is 0 Å². The van der Waals surface area contributed by atoms with Crippen molar-refractivity contribution in [2.24, 2.45) is 7.05 Å². The number of hydrogen-bond donors (Lipinski definition) is 0. The van der Waals surface area contributed by atoms with Gasteiger partial charge in [-0.3, -0.25) is 0 Å². The first-order valence-corrected chi connectivity index (χ1v) is 5.71. The Balaban J connectivity index is 2.59. The summed E-state index contributed by atoms with van der Waals surface area (Å²) in [6, 6.07) is 5.57. The Hall–Kier alpha value is -0.990. The zero-order valence-electron chi connectivity index (χ0n) is 9.38. The predicted molar refractivity (Wildman–Crippen MR) is 68.1 cm³/mol. The van der Waals surface area contributed by atoms with Crippen LogP contribution in [0.2, 0.25) is 10.0 Å². The highest BCUT2D eigenvalue weighted by Gasteiger charge is 2.11. The second kappa shape index (κ2) is 4.11. The number of benzene rings is 1. The molecule has 0 saturated carbocycles. The van der Waals surface area contributed by atoms with Gasteiger partial charge in [-0.15, -0.1) is 0 Å². The van der Waals surface area contributed by atoms with Crippen molar-refractivity contribution in [3.63, 3.8) is 0 Å². The number of halogens is 2. The highest BCUT2D eigenvalue weighted by Crippen LogP contribution is 2.29. The molecule has 0 aliphatic carbocycles. The molecule has 2 rings (SSSR count). The minimum Gasteiger partial charge on any atom is -0.335 e. The molecule has 0 aliphatic rings. The van der Waals surface area contributed by atoms with Crippen LogP contribution in [0.15, 0.2) is 18.2 Å². The molecule has 0 N–H and O–H groups in total. The van der Waals surface area contributed by atoms with Crippen LogP contribution < -0.4 is 0 Å². The van der Waals surface area contributed by atoms with E-state index in [0.717, 1.165) is 22.8 Å². The third-order valence-corrected chi connectivity index (χ3v) is 3.54. The molecule has 0 amide bonds. The average molecular weight is 255 g/mol. The molecular weight excluding hydrogens is 243 g/mol. The molecule has 0 aliphatic heterocycles. The second-order valence-corrected chi connectivity index (χ2v) is 4.60. The van der Waals surface area contributed by atoms with Crippen molar-refractivity contribution >= 4 is 23.2 Å². The Bertz CT molecular complexity index is 544.